The van der Waals surface area contributed by atoms with E-state index in [1.54, 1.807) is 20.3 Å². The highest BCUT2D eigenvalue weighted by molar-refractivity contribution is 5.59. The number of anilines is 1. The van der Waals surface area contributed by atoms with Gasteiger partial charge in [-0.05, 0) is 42.8 Å². The predicted octanol–water partition coefficient (Wildman–Crippen LogP) is 4.68. The number of methoxy groups -OCH3 is 2. The second-order valence-electron chi connectivity index (χ2n) is 7.15. The highest BCUT2D eigenvalue weighted by Crippen LogP contribution is 2.32. The second kappa shape index (κ2) is 10.7. The number of halogens is 1. The highest BCUT2D eigenvalue weighted by atomic mass is 19.1. The van der Waals surface area contributed by atoms with E-state index in [4.69, 9.17) is 9.47 Å². The molecule has 0 spiro atoms. The lowest BCUT2D eigenvalue weighted by atomic mass is 10.0. The Balaban J connectivity index is 1.74. The molecule has 0 saturated carbocycles. The number of ether oxygens (including phenoxy) is 2. The van der Waals surface area contributed by atoms with Crippen LogP contribution >= 0.6 is 0 Å². The van der Waals surface area contributed by atoms with Crippen LogP contribution in [0.4, 0.5) is 10.1 Å². The van der Waals surface area contributed by atoms with Gasteiger partial charge >= 0.3 is 0 Å². The molecule has 5 heteroatoms. The lowest BCUT2D eigenvalue weighted by Gasteiger charge is -2.40. The summed E-state index contributed by atoms with van der Waals surface area (Å²) >= 11 is 0. The molecule has 0 N–H and O–H groups in total. The summed E-state index contributed by atoms with van der Waals surface area (Å²) in [5.74, 6) is 7.55. The maximum atomic E-state index is 13.6. The Morgan fingerprint density at radius 1 is 1.03 bits per heavy atom. The van der Waals surface area contributed by atoms with Crippen LogP contribution in [0.1, 0.15) is 24.9 Å². The molecule has 0 aliphatic carbocycles. The van der Waals surface area contributed by atoms with Crippen LogP contribution in [0.2, 0.25) is 0 Å². The topological polar surface area (TPSA) is 24.9 Å². The van der Waals surface area contributed by atoms with Crippen molar-refractivity contribution in [2.24, 2.45) is 0 Å². The summed E-state index contributed by atoms with van der Waals surface area (Å²) in [5.41, 5.74) is 2.17. The number of piperazine rings is 1. The molecule has 3 rings (SSSR count). The van der Waals surface area contributed by atoms with E-state index < -0.39 is 0 Å². The summed E-state index contributed by atoms with van der Waals surface area (Å²) in [4.78, 5) is 4.73. The third kappa shape index (κ3) is 5.34. The van der Waals surface area contributed by atoms with Gasteiger partial charge in [0.15, 0.2) is 0 Å². The first kappa shape index (κ1) is 21.7. The fraction of sp³-hybridized carbons (Fsp3) is 0.360. The molecule has 1 atom stereocenters. The van der Waals surface area contributed by atoms with Crippen LogP contribution in [0.25, 0.3) is 0 Å². The average molecular weight is 409 g/mol. The molecule has 2 aromatic rings. The fourth-order valence-corrected chi connectivity index (χ4v) is 3.77. The van der Waals surface area contributed by atoms with Gasteiger partial charge in [0, 0.05) is 44.7 Å². The Morgan fingerprint density at radius 2 is 1.77 bits per heavy atom. The van der Waals surface area contributed by atoms with Gasteiger partial charge in [-0.1, -0.05) is 30.0 Å². The van der Waals surface area contributed by atoms with Gasteiger partial charge in [-0.15, -0.1) is 0 Å². The summed E-state index contributed by atoms with van der Waals surface area (Å²) < 4.78 is 24.2. The Labute approximate surface area is 178 Å². The molecule has 158 valence electrons. The van der Waals surface area contributed by atoms with Crippen LogP contribution in [-0.4, -0.2) is 45.3 Å². The molecule has 1 heterocycles. The molecule has 0 radical (unpaired) electrons. The van der Waals surface area contributed by atoms with Gasteiger partial charge in [0.25, 0.3) is 0 Å². The Morgan fingerprint density at radius 3 is 2.40 bits per heavy atom. The second-order valence-corrected chi connectivity index (χ2v) is 7.15. The lowest BCUT2D eigenvalue weighted by Crippen LogP contribution is -2.47. The van der Waals surface area contributed by atoms with Gasteiger partial charge in [0.1, 0.15) is 17.3 Å². The lowest BCUT2D eigenvalue weighted by molar-refractivity contribution is 0.188. The van der Waals surface area contributed by atoms with E-state index in [0.29, 0.717) is 5.75 Å². The molecule has 30 heavy (non-hydrogen) atoms. The van der Waals surface area contributed by atoms with E-state index in [9.17, 15) is 4.39 Å². The predicted molar refractivity (Wildman–Crippen MR) is 120 cm³/mol. The van der Waals surface area contributed by atoms with Crippen LogP contribution in [0.3, 0.4) is 0 Å². The molecule has 2 aromatic carbocycles. The van der Waals surface area contributed by atoms with Gasteiger partial charge in [0.2, 0.25) is 0 Å². The van der Waals surface area contributed by atoms with Crippen molar-refractivity contribution in [3.05, 3.63) is 66.0 Å². The van der Waals surface area contributed by atoms with Gasteiger partial charge in [-0.25, -0.2) is 4.39 Å². The zero-order valence-electron chi connectivity index (χ0n) is 17.9. The first-order valence-corrected chi connectivity index (χ1v) is 10.2. The monoisotopic (exact) mass is 408 g/mol. The number of allylic oxidation sites excluding steroid dienone is 2. The Hall–Kier alpha value is -2.97. The van der Waals surface area contributed by atoms with Crippen molar-refractivity contribution in [3.63, 3.8) is 0 Å². The standard InChI is InChI=1S/C25H29FN2O2/c1-4-5-6-7-8-23(20-9-12-22(29-2)13-10-20)27-15-17-28(18-16-27)24-14-11-21(26)19-25(24)30-3/h4-5,9-14,19,23H,8,15-18H2,1-3H3/b5-4+. The van der Waals surface area contributed by atoms with Gasteiger partial charge in [0.05, 0.1) is 19.9 Å². The van der Waals surface area contributed by atoms with Crippen molar-refractivity contribution in [1.82, 2.24) is 4.90 Å². The molecule has 4 nitrogen and oxygen atoms in total. The highest BCUT2D eigenvalue weighted by Gasteiger charge is 2.26. The quantitative estimate of drug-likeness (QED) is 0.648. The SMILES string of the molecule is C/C=C/C#CCC(c1ccc(OC)cc1)N1CCN(c2ccc(F)cc2OC)CC1. The molecular formula is C25H29FN2O2. The van der Waals surface area contributed by atoms with E-state index in [-0.39, 0.29) is 11.9 Å². The smallest absolute Gasteiger partial charge is 0.145 e. The first-order valence-electron chi connectivity index (χ1n) is 10.2. The third-order valence-electron chi connectivity index (χ3n) is 5.39. The summed E-state index contributed by atoms with van der Waals surface area (Å²) in [7, 11) is 3.26. The molecule has 1 aliphatic rings. The van der Waals surface area contributed by atoms with Crippen LogP contribution in [0.15, 0.2) is 54.6 Å². The maximum absolute atomic E-state index is 13.6. The molecule has 1 unspecified atom stereocenters. The van der Waals surface area contributed by atoms with Gasteiger partial charge < -0.3 is 14.4 Å². The van der Waals surface area contributed by atoms with Gasteiger partial charge in [-0.3, -0.25) is 4.90 Å². The minimum absolute atomic E-state index is 0.214. The van der Waals surface area contributed by atoms with Crippen molar-refractivity contribution in [3.8, 4) is 23.3 Å². The van der Waals surface area contributed by atoms with Crippen LogP contribution in [0, 0.1) is 17.7 Å². The number of benzene rings is 2. The van der Waals surface area contributed by atoms with Crippen LogP contribution in [-0.2, 0) is 0 Å². The van der Waals surface area contributed by atoms with Crippen molar-refractivity contribution in [1.29, 1.82) is 0 Å². The van der Waals surface area contributed by atoms with E-state index >= 15 is 0 Å². The Kier molecular flexibility index (Phi) is 7.75. The van der Waals surface area contributed by atoms with Crippen LogP contribution < -0.4 is 14.4 Å². The van der Waals surface area contributed by atoms with Crippen molar-refractivity contribution < 1.29 is 13.9 Å². The summed E-state index contributed by atoms with van der Waals surface area (Å²) in [6.07, 6.45) is 4.59. The largest absolute Gasteiger partial charge is 0.497 e. The van der Waals surface area contributed by atoms with Crippen molar-refractivity contribution >= 4 is 5.69 Å². The van der Waals surface area contributed by atoms with Crippen molar-refractivity contribution in [2.45, 2.75) is 19.4 Å². The molecule has 0 bridgehead atoms. The van der Waals surface area contributed by atoms with Crippen molar-refractivity contribution in [2.75, 3.05) is 45.3 Å². The fourth-order valence-electron chi connectivity index (χ4n) is 3.77. The number of nitrogens with zero attached hydrogens (tertiary/aromatic N) is 2. The zero-order valence-corrected chi connectivity index (χ0v) is 17.9. The summed E-state index contributed by atoms with van der Waals surface area (Å²) in [5, 5.41) is 0. The zero-order chi connectivity index (χ0) is 21.3. The minimum atomic E-state index is -0.284. The molecule has 0 amide bonds. The molecular weight excluding hydrogens is 379 g/mol. The maximum Gasteiger partial charge on any atom is 0.145 e. The van der Waals surface area contributed by atoms with E-state index in [2.05, 4.69) is 33.8 Å². The normalized spacial score (nSPS) is 15.5. The molecule has 1 saturated heterocycles. The first-order chi connectivity index (χ1) is 14.7. The van der Waals surface area contributed by atoms with E-state index in [1.165, 1.54) is 17.7 Å². The minimum Gasteiger partial charge on any atom is -0.497 e. The van der Waals surface area contributed by atoms with E-state index in [0.717, 1.165) is 44.0 Å². The number of hydrogen-bond acceptors (Lipinski definition) is 4. The summed E-state index contributed by atoms with van der Waals surface area (Å²) in [6, 6.07) is 13.2. The number of rotatable bonds is 6. The molecule has 1 fully saturated rings. The molecule has 1 aliphatic heterocycles. The Bertz CT molecular complexity index is 907. The molecule has 0 aromatic heterocycles. The van der Waals surface area contributed by atoms with Crippen LogP contribution in [0.5, 0.6) is 11.5 Å². The van der Waals surface area contributed by atoms with E-state index in [1.807, 2.05) is 31.2 Å². The van der Waals surface area contributed by atoms with Gasteiger partial charge in [-0.2, -0.15) is 0 Å². The summed E-state index contributed by atoms with van der Waals surface area (Å²) in [6.45, 7) is 5.44. The average Bonchev–Trinajstić information content (AvgIpc) is 2.79. The number of hydrogen-bond donors (Lipinski definition) is 0. The third-order valence-corrected chi connectivity index (χ3v) is 5.39.